The third kappa shape index (κ3) is 4.80. The summed E-state index contributed by atoms with van der Waals surface area (Å²) in [5.74, 6) is -0.244. The molecule has 0 radical (unpaired) electrons. The number of esters is 1. The molecule has 0 spiro atoms. The summed E-state index contributed by atoms with van der Waals surface area (Å²) in [5.41, 5.74) is 7.91. The molecule has 1 saturated heterocycles. The van der Waals surface area contributed by atoms with Gasteiger partial charge in [-0.3, -0.25) is 0 Å². The molecule has 9 nitrogen and oxygen atoms in total. The van der Waals surface area contributed by atoms with Crippen LogP contribution in [0, 0.1) is 6.92 Å². The molecule has 1 aromatic heterocycles. The highest BCUT2D eigenvalue weighted by atomic mass is 32.2. The first-order valence-corrected chi connectivity index (χ1v) is 9.64. The van der Waals surface area contributed by atoms with E-state index in [1.165, 1.54) is 12.1 Å². The van der Waals surface area contributed by atoms with E-state index >= 15 is 0 Å². The molecule has 0 amide bonds. The van der Waals surface area contributed by atoms with Crippen molar-refractivity contribution in [2.45, 2.75) is 24.8 Å². The lowest BCUT2D eigenvalue weighted by Gasteiger charge is -2.08. The van der Waals surface area contributed by atoms with Crippen LogP contribution in [0.3, 0.4) is 0 Å². The van der Waals surface area contributed by atoms with Crippen LogP contribution in [0.25, 0.3) is 0 Å². The van der Waals surface area contributed by atoms with Gasteiger partial charge in [-0.25, -0.2) is 27.9 Å². The molecule has 0 aliphatic carbocycles. The molecule has 1 fully saturated rings. The van der Waals surface area contributed by atoms with Gasteiger partial charge in [0.05, 0.1) is 29.3 Å². The summed E-state index contributed by atoms with van der Waals surface area (Å²) in [5, 5.41) is 2.96. The van der Waals surface area contributed by atoms with E-state index in [-0.39, 0.29) is 23.4 Å². The number of nitrogen functional groups attached to an aromatic ring is 1. The SMILES string of the molecule is Cc1cc(CNS(=O)(=O)c2ccc(N/C=C3\CCOC3=O)cc2)nc(N)n1. The van der Waals surface area contributed by atoms with Gasteiger partial charge < -0.3 is 15.8 Å². The number of carbonyl (C=O) groups excluding carboxylic acids is 1. The minimum absolute atomic E-state index is 0.00407. The van der Waals surface area contributed by atoms with Crippen molar-refractivity contribution >= 4 is 27.6 Å². The molecular formula is C17H19N5O4S. The average molecular weight is 389 g/mol. The van der Waals surface area contributed by atoms with Crippen LogP contribution in [0.4, 0.5) is 11.6 Å². The smallest absolute Gasteiger partial charge is 0.335 e. The maximum absolute atomic E-state index is 12.4. The number of ether oxygens (including phenoxy) is 1. The number of hydrogen-bond acceptors (Lipinski definition) is 8. The van der Waals surface area contributed by atoms with Gasteiger partial charge in [0.25, 0.3) is 0 Å². The zero-order chi connectivity index (χ0) is 19.4. The Balaban J connectivity index is 1.65. The zero-order valence-corrected chi connectivity index (χ0v) is 15.4. The molecule has 0 atom stereocenters. The number of hydrogen-bond donors (Lipinski definition) is 3. The van der Waals surface area contributed by atoms with E-state index in [1.807, 2.05) is 0 Å². The van der Waals surface area contributed by atoms with E-state index in [2.05, 4.69) is 20.0 Å². The topological polar surface area (TPSA) is 136 Å². The molecular weight excluding hydrogens is 370 g/mol. The van der Waals surface area contributed by atoms with Crippen LogP contribution < -0.4 is 15.8 Å². The summed E-state index contributed by atoms with van der Waals surface area (Å²) in [4.78, 5) is 19.4. The van der Waals surface area contributed by atoms with Gasteiger partial charge in [0, 0.05) is 24.0 Å². The highest BCUT2D eigenvalue weighted by molar-refractivity contribution is 7.89. The molecule has 2 heterocycles. The van der Waals surface area contributed by atoms with Crippen molar-refractivity contribution in [2.24, 2.45) is 0 Å². The molecule has 4 N–H and O–H groups in total. The van der Waals surface area contributed by atoms with E-state index < -0.39 is 10.0 Å². The Morgan fingerprint density at radius 1 is 1.26 bits per heavy atom. The monoisotopic (exact) mass is 389 g/mol. The van der Waals surface area contributed by atoms with E-state index in [4.69, 9.17) is 10.5 Å². The number of cyclic esters (lactones) is 1. The third-order valence-electron chi connectivity index (χ3n) is 3.81. The summed E-state index contributed by atoms with van der Waals surface area (Å²) in [6, 6.07) is 7.82. The summed E-state index contributed by atoms with van der Waals surface area (Å²) in [6.07, 6.45) is 2.12. The number of benzene rings is 1. The molecule has 2 aromatic rings. The summed E-state index contributed by atoms with van der Waals surface area (Å²) in [7, 11) is -3.71. The van der Waals surface area contributed by atoms with Gasteiger partial charge in [-0.05, 0) is 37.3 Å². The average Bonchev–Trinajstić information content (AvgIpc) is 3.03. The maximum atomic E-state index is 12.4. The van der Waals surface area contributed by atoms with E-state index in [1.54, 1.807) is 31.3 Å². The molecule has 3 rings (SSSR count). The van der Waals surface area contributed by atoms with Crippen molar-refractivity contribution < 1.29 is 17.9 Å². The fourth-order valence-corrected chi connectivity index (χ4v) is 3.48. The van der Waals surface area contributed by atoms with Crippen molar-refractivity contribution in [3.63, 3.8) is 0 Å². The van der Waals surface area contributed by atoms with Crippen molar-refractivity contribution in [2.75, 3.05) is 17.7 Å². The number of anilines is 2. The molecule has 1 aromatic carbocycles. The second kappa shape index (κ2) is 7.72. The van der Waals surface area contributed by atoms with Crippen LogP contribution in [0.2, 0.25) is 0 Å². The number of nitrogens with two attached hydrogens (primary N) is 1. The molecule has 27 heavy (non-hydrogen) atoms. The molecule has 0 saturated carbocycles. The Labute approximate surface area is 156 Å². The van der Waals surface area contributed by atoms with Crippen LogP contribution >= 0.6 is 0 Å². The zero-order valence-electron chi connectivity index (χ0n) is 14.6. The number of sulfonamides is 1. The van der Waals surface area contributed by atoms with Crippen LogP contribution in [0.5, 0.6) is 0 Å². The van der Waals surface area contributed by atoms with Gasteiger partial charge in [0.2, 0.25) is 16.0 Å². The Morgan fingerprint density at radius 3 is 2.63 bits per heavy atom. The quantitative estimate of drug-likeness (QED) is 0.493. The van der Waals surface area contributed by atoms with Crippen molar-refractivity contribution in [1.82, 2.24) is 14.7 Å². The van der Waals surface area contributed by atoms with Crippen molar-refractivity contribution in [1.29, 1.82) is 0 Å². The summed E-state index contributed by atoms with van der Waals surface area (Å²) < 4.78 is 32.2. The predicted octanol–water partition coefficient (Wildman–Crippen LogP) is 1.09. The third-order valence-corrected chi connectivity index (χ3v) is 5.23. The first-order valence-electron chi connectivity index (χ1n) is 8.16. The van der Waals surface area contributed by atoms with Crippen LogP contribution in [0.1, 0.15) is 17.8 Å². The molecule has 1 aliphatic rings. The molecule has 0 bridgehead atoms. The first-order chi connectivity index (χ1) is 12.8. The van der Waals surface area contributed by atoms with E-state index in [0.717, 1.165) is 0 Å². The minimum Gasteiger partial charge on any atom is -0.462 e. The van der Waals surface area contributed by atoms with Gasteiger partial charge in [-0.15, -0.1) is 0 Å². The fraction of sp³-hybridized carbons (Fsp3) is 0.235. The summed E-state index contributed by atoms with van der Waals surface area (Å²) >= 11 is 0. The Morgan fingerprint density at radius 2 is 2.00 bits per heavy atom. The van der Waals surface area contributed by atoms with Gasteiger partial charge in [0.15, 0.2) is 0 Å². The van der Waals surface area contributed by atoms with Crippen molar-refractivity contribution in [3.05, 3.63) is 53.5 Å². The second-order valence-corrected chi connectivity index (χ2v) is 7.67. The number of aryl methyl sites for hydroxylation is 1. The number of nitrogens with one attached hydrogen (secondary N) is 2. The fourth-order valence-electron chi connectivity index (χ4n) is 2.48. The maximum Gasteiger partial charge on any atom is 0.335 e. The van der Waals surface area contributed by atoms with Crippen LogP contribution in [-0.4, -0.2) is 31.0 Å². The number of carbonyl (C=O) groups is 1. The summed E-state index contributed by atoms with van der Waals surface area (Å²) in [6.45, 7) is 2.14. The lowest BCUT2D eigenvalue weighted by atomic mass is 10.2. The predicted molar refractivity (Wildman–Crippen MR) is 98.9 cm³/mol. The lowest BCUT2D eigenvalue weighted by molar-refractivity contribution is -0.135. The number of rotatable bonds is 6. The second-order valence-electron chi connectivity index (χ2n) is 5.91. The standard InChI is InChI=1S/C17H19N5O4S/c1-11-8-14(22-17(18)21-11)10-20-27(24,25)15-4-2-13(3-5-15)19-9-12-6-7-26-16(12)23/h2-5,8-9,19-20H,6-7,10H2,1H3,(H2,18,21,22)/b12-9+. The van der Waals surface area contributed by atoms with Crippen LogP contribution in [-0.2, 0) is 26.1 Å². The van der Waals surface area contributed by atoms with Crippen molar-refractivity contribution in [3.8, 4) is 0 Å². The van der Waals surface area contributed by atoms with Gasteiger partial charge in [-0.1, -0.05) is 0 Å². The van der Waals surface area contributed by atoms with E-state index in [9.17, 15) is 13.2 Å². The van der Waals surface area contributed by atoms with Gasteiger partial charge in [0.1, 0.15) is 0 Å². The largest absolute Gasteiger partial charge is 0.462 e. The molecule has 10 heteroatoms. The normalized spacial score (nSPS) is 15.7. The number of aromatic nitrogens is 2. The molecule has 0 unspecified atom stereocenters. The van der Waals surface area contributed by atoms with E-state index in [0.29, 0.717) is 35.7 Å². The van der Waals surface area contributed by atoms with Gasteiger partial charge >= 0.3 is 5.97 Å². The highest BCUT2D eigenvalue weighted by Gasteiger charge is 2.18. The number of nitrogens with zero attached hydrogens (tertiary/aromatic N) is 2. The molecule has 142 valence electrons. The highest BCUT2D eigenvalue weighted by Crippen LogP contribution is 2.17. The lowest BCUT2D eigenvalue weighted by Crippen LogP contribution is -2.24. The Bertz CT molecular complexity index is 967. The van der Waals surface area contributed by atoms with Crippen LogP contribution in [0.15, 0.2) is 47.0 Å². The first kappa shape index (κ1) is 18.8. The Hall–Kier alpha value is -2.98. The Kier molecular flexibility index (Phi) is 5.38. The molecule has 1 aliphatic heterocycles. The minimum atomic E-state index is -3.71. The van der Waals surface area contributed by atoms with Gasteiger partial charge in [-0.2, -0.15) is 0 Å².